The van der Waals surface area contributed by atoms with Crippen LogP contribution in [-0.2, 0) is 20.2 Å². The van der Waals surface area contributed by atoms with Crippen molar-refractivity contribution in [1.82, 2.24) is 5.32 Å². The molecule has 105 valence electrons. The normalized spacial score (nSPS) is 26.9. The summed E-state index contributed by atoms with van der Waals surface area (Å²) in [5, 5.41) is 0.456. The van der Waals surface area contributed by atoms with Gasteiger partial charge >= 0.3 is 0 Å². The standard InChI is InChI=1S/C8H8NO7S3/c10-18(11,12)7-6(4-5-2-1-3-16-5)17-8(9-7)19(13,14)15/h1-2,4,7-9H,(H,10,11,12)(H,13,14,15). The molecule has 1 saturated heterocycles. The number of hydrogen-bond donors (Lipinski definition) is 3. The van der Waals surface area contributed by atoms with Gasteiger partial charge in [-0.15, -0.1) is 0 Å². The summed E-state index contributed by atoms with van der Waals surface area (Å²) in [7, 11) is -9.09. The fourth-order valence-electron chi connectivity index (χ4n) is 1.38. The quantitative estimate of drug-likeness (QED) is 0.663. The third kappa shape index (κ3) is 3.38. The zero-order valence-electron chi connectivity index (χ0n) is 9.05. The Morgan fingerprint density at radius 3 is 2.47 bits per heavy atom. The second-order valence-corrected chi connectivity index (χ2v) is 8.01. The Labute approximate surface area is 113 Å². The number of furan rings is 1. The molecule has 1 aliphatic rings. The van der Waals surface area contributed by atoms with Crippen molar-refractivity contribution in [3.05, 3.63) is 29.1 Å². The van der Waals surface area contributed by atoms with Crippen LogP contribution in [0, 0.1) is 6.26 Å². The number of rotatable bonds is 3. The Kier molecular flexibility index (Phi) is 3.77. The molecule has 11 heteroatoms. The summed E-state index contributed by atoms with van der Waals surface area (Å²) in [5.74, 6) is 0.230. The van der Waals surface area contributed by atoms with Crippen LogP contribution in [0.5, 0.6) is 0 Å². The van der Waals surface area contributed by atoms with Crippen LogP contribution in [0.3, 0.4) is 0 Å². The molecular weight excluding hydrogens is 318 g/mol. The van der Waals surface area contributed by atoms with E-state index in [1.165, 1.54) is 18.2 Å². The highest BCUT2D eigenvalue weighted by atomic mass is 32.3. The number of nitrogens with one attached hydrogen (secondary N) is 1. The minimum Gasteiger partial charge on any atom is -0.453 e. The van der Waals surface area contributed by atoms with Crippen LogP contribution in [0.2, 0.25) is 0 Å². The highest BCUT2D eigenvalue weighted by Gasteiger charge is 2.43. The highest BCUT2D eigenvalue weighted by molar-refractivity contribution is 8.15. The van der Waals surface area contributed by atoms with Crippen molar-refractivity contribution in [2.45, 2.75) is 10.1 Å². The summed E-state index contributed by atoms with van der Waals surface area (Å²) < 4.78 is 65.5. The monoisotopic (exact) mass is 326 g/mol. The van der Waals surface area contributed by atoms with E-state index in [0.29, 0.717) is 11.8 Å². The average Bonchev–Trinajstić information content (AvgIpc) is 2.84. The molecule has 0 aliphatic carbocycles. The molecule has 0 amide bonds. The van der Waals surface area contributed by atoms with Crippen molar-refractivity contribution in [2.75, 3.05) is 0 Å². The predicted octanol–water partition coefficient (Wildman–Crippen LogP) is 0.142. The Bertz CT molecular complexity index is 689. The maximum Gasteiger partial charge on any atom is 0.291 e. The maximum absolute atomic E-state index is 11.2. The molecule has 3 N–H and O–H groups in total. The van der Waals surface area contributed by atoms with Crippen LogP contribution >= 0.6 is 11.8 Å². The summed E-state index contributed by atoms with van der Waals surface area (Å²) in [4.78, 5) is -0.0199. The van der Waals surface area contributed by atoms with E-state index in [-0.39, 0.29) is 10.7 Å². The Balaban J connectivity index is 2.40. The smallest absolute Gasteiger partial charge is 0.291 e. The Hall–Kier alpha value is -0.850. The maximum atomic E-state index is 11.2. The molecule has 1 aromatic heterocycles. The zero-order valence-corrected chi connectivity index (χ0v) is 11.5. The van der Waals surface area contributed by atoms with Gasteiger partial charge < -0.3 is 4.42 Å². The van der Waals surface area contributed by atoms with Gasteiger partial charge in [0.05, 0.1) is 0 Å². The van der Waals surface area contributed by atoms with Crippen molar-refractivity contribution < 1.29 is 30.4 Å². The van der Waals surface area contributed by atoms with E-state index in [2.05, 4.69) is 11.6 Å². The van der Waals surface area contributed by atoms with Crippen molar-refractivity contribution in [2.24, 2.45) is 0 Å². The molecule has 1 fully saturated rings. The lowest BCUT2D eigenvalue weighted by Crippen LogP contribution is -2.38. The SMILES string of the molecule is O=S(=O)(O)C1NC(S(=O)(=O)O)C(=Cc2cc[c]o2)S1. The first-order chi connectivity index (χ1) is 8.68. The molecule has 1 radical (unpaired) electrons. The summed E-state index contributed by atoms with van der Waals surface area (Å²) in [6.07, 6.45) is 3.60. The topological polar surface area (TPSA) is 134 Å². The predicted molar refractivity (Wildman–Crippen MR) is 66.9 cm³/mol. The average molecular weight is 326 g/mol. The molecule has 8 nitrogen and oxygen atoms in total. The van der Waals surface area contributed by atoms with E-state index in [4.69, 9.17) is 13.5 Å². The lowest BCUT2D eigenvalue weighted by atomic mass is 10.4. The summed E-state index contributed by atoms with van der Waals surface area (Å²) >= 11 is 0.550. The third-order valence-corrected chi connectivity index (χ3v) is 5.94. The van der Waals surface area contributed by atoms with Gasteiger partial charge in [0.1, 0.15) is 5.76 Å². The molecule has 1 aliphatic heterocycles. The van der Waals surface area contributed by atoms with Gasteiger partial charge in [0, 0.05) is 4.91 Å². The van der Waals surface area contributed by atoms with Gasteiger partial charge in [-0.1, -0.05) is 11.8 Å². The molecule has 2 heterocycles. The van der Waals surface area contributed by atoms with Crippen LogP contribution in [0.15, 0.2) is 21.5 Å². The fraction of sp³-hybridized carbons (Fsp3) is 0.250. The highest BCUT2D eigenvalue weighted by Crippen LogP contribution is 2.37. The van der Waals surface area contributed by atoms with Crippen LogP contribution in [-0.4, -0.2) is 36.0 Å². The van der Waals surface area contributed by atoms with E-state index >= 15 is 0 Å². The molecule has 0 spiro atoms. The zero-order chi connectivity index (χ0) is 14.3. The first-order valence-electron chi connectivity index (χ1n) is 4.71. The van der Waals surface area contributed by atoms with E-state index in [0.717, 1.165) is 0 Å². The minimum absolute atomic E-state index is 0.0199. The Morgan fingerprint density at radius 2 is 2.00 bits per heavy atom. The third-order valence-electron chi connectivity index (χ3n) is 2.13. The van der Waals surface area contributed by atoms with Crippen molar-refractivity contribution in [3.8, 4) is 0 Å². The molecule has 1 aromatic rings. The lowest BCUT2D eigenvalue weighted by Gasteiger charge is -2.08. The van der Waals surface area contributed by atoms with Gasteiger partial charge in [0.2, 0.25) is 0 Å². The molecular formula is C8H8NO7S3. The van der Waals surface area contributed by atoms with Gasteiger partial charge in [-0.25, -0.2) is 0 Å². The molecule has 19 heavy (non-hydrogen) atoms. The van der Waals surface area contributed by atoms with Crippen LogP contribution in [0.4, 0.5) is 0 Å². The van der Waals surface area contributed by atoms with Crippen molar-refractivity contribution in [1.29, 1.82) is 0 Å². The summed E-state index contributed by atoms with van der Waals surface area (Å²) in [6, 6.07) is 2.90. The summed E-state index contributed by atoms with van der Waals surface area (Å²) in [5.41, 5.74) is 0. The fourth-order valence-corrected chi connectivity index (χ4v) is 4.71. The second-order valence-electron chi connectivity index (χ2n) is 3.53. The lowest BCUT2D eigenvalue weighted by molar-refractivity contribution is 0.458. The second kappa shape index (κ2) is 4.92. The van der Waals surface area contributed by atoms with E-state index < -0.39 is 30.3 Å². The van der Waals surface area contributed by atoms with Gasteiger partial charge in [0.15, 0.2) is 16.3 Å². The number of thioether (sulfide) groups is 1. The molecule has 0 aromatic carbocycles. The van der Waals surface area contributed by atoms with Crippen molar-refractivity contribution in [3.63, 3.8) is 0 Å². The molecule has 0 bridgehead atoms. The van der Waals surface area contributed by atoms with E-state index in [9.17, 15) is 16.8 Å². The van der Waals surface area contributed by atoms with Gasteiger partial charge in [-0.05, 0) is 18.2 Å². The van der Waals surface area contributed by atoms with Crippen molar-refractivity contribution >= 4 is 38.1 Å². The van der Waals surface area contributed by atoms with Crippen LogP contribution in [0.25, 0.3) is 6.08 Å². The molecule has 2 atom stereocenters. The minimum atomic E-state index is -4.58. The Morgan fingerprint density at radius 1 is 1.32 bits per heavy atom. The van der Waals surface area contributed by atoms with E-state index in [1.807, 2.05) is 0 Å². The summed E-state index contributed by atoms with van der Waals surface area (Å²) in [6.45, 7) is 0. The van der Waals surface area contributed by atoms with Gasteiger partial charge in [-0.3, -0.25) is 14.4 Å². The first kappa shape index (κ1) is 14.6. The molecule has 2 rings (SSSR count). The van der Waals surface area contributed by atoms with Crippen LogP contribution < -0.4 is 5.32 Å². The molecule has 2 unspecified atom stereocenters. The largest absolute Gasteiger partial charge is 0.453 e. The number of hydrogen-bond acceptors (Lipinski definition) is 7. The molecule has 0 saturated carbocycles. The first-order valence-corrected chi connectivity index (χ1v) is 8.59. The van der Waals surface area contributed by atoms with Gasteiger partial charge in [0.25, 0.3) is 20.2 Å². The van der Waals surface area contributed by atoms with Gasteiger partial charge in [-0.2, -0.15) is 16.8 Å². The van der Waals surface area contributed by atoms with Crippen LogP contribution in [0.1, 0.15) is 5.76 Å². The van der Waals surface area contributed by atoms with E-state index in [1.54, 1.807) is 0 Å².